The highest BCUT2D eigenvalue weighted by Crippen LogP contribution is 2.11. The summed E-state index contributed by atoms with van der Waals surface area (Å²) < 4.78 is 10.2. The molecule has 0 heterocycles. The van der Waals surface area contributed by atoms with Crippen LogP contribution in [0, 0.1) is 0 Å². The molecule has 0 saturated carbocycles. The van der Waals surface area contributed by atoms with Gasteiger partial charge in [0, 0.05) is 6.54 Å². The molecular formula is C20H24N2O4. The summed E-state index contributed by atoms with van der Waals surface area (Å²) >= 11 is 0. The molecule has 0 aliphatic carbocycles. The van der Waals surface area contributed by atoms with Crippen molar-refractivity contribution < 1.29 is 19.1 Å². The van der Waals surface area contributed by atoms with Gasteiger partial charge in [-0.05, 0) is 36.6 Å². The van der Waals surface area contributed by atoms with Crippen molar-refractivity contribution >= 4 is 12.0 Å². The second kappa shape index (κ2) is 10.1. The number of amides is 2. The molecule has 6 nitrogen and oxygen atoms in total. The van der Waals surface area contributed by atoms with Gasteiger partial charge in [-0.1, -0.05) is 42.5 Å². The van der Waals surface area contributed by atoms with Gasteiger partial charge in [-0.25, -0.2) is 4.79 Å². The van der Waals surface area contributed by atoms with E-state index >= 15 is 0 Å². The third-order valence-corrected chi connectivity index (χ3v) is 3.81. The zero-order valence-electron chi connectivity index (χ0n) is 15.0. The van der Waals surface area contributed by atoms with E-state index in [4.69, 9.17) is 9.47 Å². The van der Waals surface area contributed by atoms with E-state index in [0.29, 0.717) is 13.0 Å². The average Bonchev–Trinajstić information content (AvgIpc) is 2.67. The molecule has 2 rings (SSSR count). The molecule has 0 fully saturated rings. The first-order valence-electron chi connectivity index (χ1n) is 8.46. The molecule has 2 aromatic rings. The normalized spacial score (nSPS) is 11.3. The third-order valence-electron chi connectivity index (χ3n) is 3.81. The van der Waals surface area contributed by atoms with E-state index in [-0.39, 0.29) is 12.5 Å². The van der Waals surface area contributed by atoms with Crippen molar-refractivity contribution in [3.05, 3.63) is 65.7 Å². The quantitative estimate of drug-likeness (QED) is 0.762. The molecule has 138 valence electrons. The first kappa shape index (κ1) is 19.3. The van der Waals surface area contributed by atoms with Crippen LogP contribution < -0.4 is 15.4 Å². The van der Waals surface area contributed by atoms with Crippen LogP contribution >= 0.6 is 0 Å². The molecule has 0 aromatic heterocycles. The molecule has 2 N–H and O–H groups in total. The molecule has 0 aliphatic heterocycles. The Balaban J connectivity index is 1.66. The molecule has 2 amide bonds. The first-order valence-corrected chi connectivity index (χ1v) is 8.46. The molecule has 0 saturated heterocycles. The van der Waals surface area contributed by atoms with Crippen molar-refractivity contribution in [1.29, 1.82) is 0 Å². The van der Waals surface area contributed by atoms with Gasteiger partial charge in [0.05, 0.1) is 7.11 Å². The molecule has 0 aliphatic rings. The fourth-order valence-corrected chi connectivity index (χ4v) is 2.28. The van der Waals surface area contributed by atoms with Gasteiger partial charge >= 0.3 is 6.09 Å². The Morgan fingerprint density at radius 1 is 1.00 bits per heavy atom. The molecule has 2 aromatic carbocycles. The summed E-state index contributed by atoms with van der Waals surface area (Å²) in [6.07, 6.45) is 0.0765. The average molecular weight is 356 g/mol. The molecule has 0 radical (unpaired) electrons. The van der Waals surface area contributed by atoms with Gasteiger partial charge < -0.3 is 20.1 Å². The lowest BCUT2D eigenvalue weighted by Crippen LogP contribution is -2.45. The van der Waals surface area contributed by atoms with Crippen molar-refractivity contribution in [2.45, 2.75) is 26.0 Å². The van der Waals surface area contributed by atoms with Crippen molar-refractivity contribution in [1.82, 2.24) is 10.6 Å². The van der Waals surface area contributed by atoms with Crippen LogP contribution in [0.4, 0.5) is 4.79 Å². The predicted octanol–water partition coefficient (Wildman–Crippen LogP) is 2.67. The highest BCUT2D eigenvalue weighted by Gasteiger charge is 2.15. The summed E-state index contributed by atoms with van der Waals surface area (Å²) in [5.74, 6) is 0.541. The number of carbonyl (C=O) groups excluding carboxylic acids is 2. The van der Waals surface area contributed by atoms with Gasteiger partial charge in [-0.3, -0.25) is 4.79 Å². The lowest BCUT2D eigenvalue weighted by Gasteiger charge is -2.14. The number of methoxy groups -OCH3 is 1. The number of alkyl carbamates (subject to hydrolysis) is 1. The monoisotopic (exact) mass is 356 g/mol. The molecule has 0 spiro atoms. The Bertz CT molecular complexity index is 702. The predicted molar refractivity (Wildman–Crippen MR) is 98.9 cm³/mol. The van der Waals surface area contributed by atoms with Crippen LogP contribution in [0.25, 0.3) is 0 Å². The molecule has 26 heavy (non-hydrogen) atoms. The number of rotatable bonds is 8. The van der Waals surface area contributed by atoms with Crippen molar-refractivity contribution in [2.24, 2.45) is 0 Å². The molecule has 1 unspecified atom stereocenters. The summed E-state index contributed by atoms with van der Waals surface area (Å²) in [4.78, 5) is 23.8. The highest BCUT2D eigenvalue weighted by molar-refractivity contribution is 5.85. The third kappa shape index (κ3) is 6.47. The van der Waals surface area contributed by atoms with Crippen molar-refractivity contribution in [2.75, 3.05) is 13.7 Å². The van der Waals surface area contributed by atoms with Crippen LogP contribution in [-0.2, 0) is 22.6 Å². The summed E-state index contributed by atoms with van der Waals surface area (Å²) in [6.45, 7) is 2.27. The standard InChI is InChI=1S/C20H24N2O4/c1-15(22-20(24)26-14-17-6-4-3-5-7-17)19(23)21-13-12-16-8-10-18(25-2)11-9-16/h3-11,15H,12-14H2,1-2H3,(H,21,23)(H,22,24). The lowest BCUT2D eigenvalue weighted by molar-refractivity contribution is -0.122. The van der Waals surface area contributed by atoms with Crippen LogP contribution in [-0.4, -0.2) is 31.7 Å². The van der Waals surface area contributed by atoms with Crippen molar-refractivity contribution in [3.8, 4) is 5.75 Å². The largest absolute Gasteiger partial charge is 0.497 e. The Kier molecular flexibility index (Phi) is 7.49. The second-order valence-electron chi connectivity index (χ2n) is 5.82. The van der Waals surface area contributed by atoms with E-state index < -0.39 is 12.1 Å². The summed E-state index contributed by atoms with van der Waals surface area (Å²) in [5, 5.41) is 5.32. The molecule has 6 heteroatoms. The summed E-state index contributed by atoms with van der Waals surface area (Å²) in [7, 11) is 1.62. The van der Waals surface area contributed by atoms with Crippen LogP contribution in [0.3, 0.4) is 0 Å². The zero-order chi connectivity index (χ0) is 18.8. The second-order valence-corrected chi connectivity index (χ2v) is 5.82. The van der Waals surface area contributed by atoms with Crippen LogP contribution in [0.2, 0.25) is 0 Å². The maximum Gasteiger partial charge on any atom is 0.408 e. The van der Waals surface area contributed by atoms with Crippen LogP contribution in [0.15, 0.2) is 54.6 Å². The summed E-state index contributed by atoms with van der Waals surface area (Å²) in [5.41, 5.74) is 1.98. The number of hydrogen-bond donors (Lipinski definition) is 2. The smallest absolute Gasteiger partial charge is 0.408 e. The number of benzene rings is 2. The first-order chi connectivity index (χ1) is 12.6. The topological polar surface area (TPSA) is 76.7 Å². The molecule has 0 bridgehead atoms. The number of hydrogen-bond acceptors (Lipinski definition) is 4. The van der Waals surface area contributed by atoms with Gasteiger partial charge in [-0.2, -0.15) is 0 Å². The maximum atomic E-state index is 12.0. The van der Waals surface area contributed by atoms with E-state index in [1.807, 2.05) is 54.6 Å². The highest BCUT2D eigenvalue weighted by atomic mass is 16.5. The van der Waals surface area contributed by atoms with Crippen LogP contribution in [0.1, 0.15) is 18.1 Å². The van der Waals surface area contributed by atoms with E-state index in [9.17, 15) is 9.59 Å². The van der Waals surface area contributed by atoms with Gasteiger partial charge in [0.1, 0.15) is 18.4 Å². The maximum absolute atomic E-state index is 12.0. The van der Waals surface area contributed by atoms with Gasteiger partial charge in [0.15, 0.2) is 0 Å². The Labute approximate surface area is 153 Å². The number of carbonyl (C=O) groups is 2. The van der Waals surface area contributed by atoms with E-state index in [1.54, 1.807) is 14.0 Å². The molecular weight excluding hydrogens is 332 g/mol. The Morgan fingerprint density at radius 2 is 1.69 bits per heavy atom. The SMILES string of the molecule is COc1ccc(CCNC(=O)C(C)NC(=O)OCc2ccccc2)cc1. The Morgan fingerprint density at radius 3 is 2.35 bits per heavy atom. The number of ether oxygens (including phenoxy) is 2. The zero-order valence-corrected chi connectivity index (χ0v) is 15.0. The Hall–Kier alpha value is -3.02. The van der Waals surface area contributed by atoms with Crippen LogP contribution in [0.5, 0.6) is 5.75 Å². The van der Waals surface area contributed by atoms with E-state index in [1.165, 1.54) is 0 Å². The minimum absolute atomic E-state index is 0.165. The number of nitrogens with one attached hydrogen (secondary N) is 2. The van der Waals surface area contributed by atoms with Gasteiger partial charge in [0.25, 0.3) is 0 Å². The van der Waals surface area contributed by atoms with E-state index in [2.05, 4.69) is 10.6 Å². The minimum Gasteiger partial charge on any atom is -0.497 e. The van der Waals surface area contributed by atoms with Gasteiger partial charge in [0.2, 0.25) is 5.91 Å². The summed E-state index contributed by atoms with van der Waals surface area (Å²) in [6, 6.07) is 16.3. The molecule has 1 atom stereocenters. The fourth-order valence-electron chi connectivity index (χ4n) is 2.28. The fraction of sp³-hybridized carbons (Fsp3) is 0.300. The van der Waals surface area contributed by atoms with Crippen molar-refractivity contribution in [3.63, 3.8) is 0 Å². The van der Waals surface area contributed by atoms with Gasteiger partial charge in [-0.15, -0.1) is 0 Å². The lowest BCUT2D eigenvalue weighted by atomic mass is 10.1. The van der Waals surface area contributed by atoms with E-state index in [0.717, 1.165) is 16.9 Å². The minimum atomic E-state index is -0.672.